The van der Waals surface area contributed by atoms with E-state index in [4.69, 9.17) is 0 Å². The van der Waals surface area contributed by atoms with E-state index in [1.54, 1.807) is 12.1 Å². The summed E-state index contributed by atoms with van der Waals surface area (Å²) in [6, 6.07) is 12.5. The molecule has 0 saturated carbocycles. The molecule has 0 unspecified atom stereocenters. The molecular formula is C21H23N5O3. The maximum atomic E-state index is 12.8. The molecule has 0 spiro atoms. The molecule has 2 amide bonds. The summed E-state index contributed by atoms with van der Waals surface area (Å²) < 4.78 is 1.26. The lowest BCUT2D eigenvalue weighted by Gasteiger charge is -2.11. The van der Waals surface area contributed by atoms with Gasteiger partial charge in [0.05, 0.1) is 18.2 Å². The summed E-state index contributed by atoms with van der Waals surface area (Å²) >= 11 is 0. The average Bonchev–Trinajstić information content (AvgIpc) is 2.70. The zero-order valence-electron chi connectivity index (χ0n) is 16.4. The highest BCUT2D eigenvalue weighted by Gasteiger charge is 2.12. The smallest absolute Gasteiger partial charge is 0.281 e. The van der Waals surface area contributed by atoms with Crippen LogP contribution in [0.4, 0.5) is 5.69 Å². The fraction of sp³-hybridized carbons (Fsp3) is 0.238. The van der Waals surface area contributed by atoms with E-state index in [0.29, 0.717) is 24.3 Å². The van der Waals surface area contributed by atoms with E-state index < -0.39 is 5.56 Å². The molecule has 2 aromatic heterocycles. The Kier molecular flexibility index (Phi) is 6.36. The largest absolute Gasteiger partial charge is 0.351 e. The topological polar surface area (TPSA) is 95.8 Å². The van der Waals surface area contributed by atoms with Crippen molar-refractivity contribution in [1.82, 2.24) is 19.6 Å². The number of amides is 2. The van der Waals surface area contributed by atoms with E-state index >= 15 is 0 Å². The van der Waals surface area contributed by atoms with Gasteiger partial charge in [0.1, 0.15) is 11.3 Å². The first-order valence-corrected chi connectivity index (χ1v) is 9.22. The molecule has 29 heavy (non-hydrogen) atoms. The van der Waals surface area contributed by atoms with Gasteiger partial charge in [-0.05, 0) is 31.8 Å². The third-order valence-electron chi connectivity index (χ3n) is 4.29. The summed E-state index contributed by atoms with van der Waals surface area (Å²) in [5.74, 6) is -0.591. The Hall–Kier alpha value is -3.52. The van der Waals surface area contributed by atoms with Crippen LogP contribution < -0.4 is 16.2 Å². The molecule has 0 aliphatic carbocycles. The first-order valence-electron chi connectivity index (χ1n) is 9.22. The Balaban J connectivity index is 1.78. The second-order valence-electron chi connectivity index (χ2n) is 6.89. The van der Waals surface area contributed by atoms with Crippen LogP contribution in [-0.2, 0) is 11.2 Å². The van der Waals surface area contributed by atoms with Gasteiger partial charge in [-0.2, -0.15) is 0 Å². The maximum Gasteiger partial charge on any atom is 0.281 e. The van der Waals surface area contributed by atoms with Crippen molar-refractivity contribution >= 4 is 23.1 Å². The Labute approximate surface area is 168 Å². The summed E-state index contributed by atoms with van der Waals surface area (Å²) in [6.45, 7) is 1.20. The zero-order chi connectivity index (χ0) is 20.8. The van der Waals surface area contributed by atoms with E-state index in [-0.39, 0.29) is 23.9 Å². The van der Waals surface area contributed by atoms with Gasteiger partial charge in [0.15, 0.2) is 0 Å². The minimum atomic E-state index is -0.445. The molecule has 8 nitrogen and oxygen atoms in total. The highest BCUT2D eigenvalue weighted by molar-refractivity contribution is 5.94. The molecule has 2 heterocycles. The predicted octanol–water partition coefficient (Wildman–Crippen LogP) is 1.17. The maximum absolute atomic E-state index is 12.8. The number of pyridine rings is 1. The molecule has 0 aliphatic heterocycles. The van der Waals surface area contributed by atoms with Gasteiger partial charge in [-0.3, -0.25) is 18.8 Å². The van der Waals surface area contributed by atoms with Crippen LogP contribution in [0.25, 0.3) is 5.65 Å². The highest BCUT2D eigenvalue weighted by atomic mass is 16.2. The Morgan fingerprint density at radius 1 is 1.10 bits per heavy atom. The summed E-state index contributed by atoms with van der Waals surface area (Å²) in [5, 5.41) is 5.41. The molecule has 8 heteroatoms. The Morgan fingerprint density at radius 3 is 2.59 bits per heavy atom. The number of hydrogen-bond acceptors (Lipinski definition) is 5. The van der Waals surface area contributed by atoms with Crippen molar-refractivity contribution in [2.24, 2.45) is 0 Å². The number of fused-ring (bicyclic) bond motifs is 1. The van der Waals surface area contributed by atoms with Gasteiger partial charge in [0, 0.05) is 19.3 Å². The Morgan fingerprint density at radius 2 is 1.86 bits per heavy atom. The number of nitrogens with zero attached hydrogens (tertiary/aromatic N) is 3. The fourth-order valence-corrected chi connectivity index (χ4v) is 2.77. The zero-order valence-corrected chi connectivity index (χ0v) is 16.4. The van der Waals surface area contributed by atoms with Crippen LogP contribution in [0.15, 0.2) is 59.7 Å². The summed E-state index contributed by atoms with van der Waals surface area (Å²) in [7, 11) is 3.84. The van der Waals surface area contributed by atoms with Crippen LogP contribution >= 0.6 is 0 Å². The van der Waals surface area contributed by atoms with Gasteiger partial charge < -0.3 is 15.5 Å². The number of anilines is 1. The predicted molar refractivity (Wildman–Crippen MR) is 111 cm³/mol. The molecule has 2 N–H and O–H groups in total. The lowest BCUT2D eigenvalue weighted by Crippen LogP contribution is -2.32. The molecule has 3 rings (SSSR count). The van der Waals surface area contributed by atoms with Crippen molar-refractivity contribution in [3.05, 3.63) is 76.3 Å². The van der Waals surface area contributed by atoms with E-state index in [1.807, 2.05) is 49.3 Å². The van der Waals surface area contributed by atoms with Crippen LogP contribution in [-0.4, -0.2) is 53.3 Å². The third-order valence-corrected chi connectivity index (χ3v) is 4.29. The van der Waals surface area contributed by atoms with E-state index in [1.165, 1.54) is 16.8 Å². The highest BCUT2D eigenvalue weighted by Crippen LogP contribution is 2.07. The first-order chi connectivity index (χ1) is 13.9. The molecular weight excluding hydrogens is 370 g/mol. The number of benzene rings is 1. The number of aromatic nitrogens is 2. The lowest BCUT2D eigenvalue weighted by molar-refractivity contribution is -0.115. The molecule has 150 valence electrons. The van der Waals surface area contributed by atoms with Gasteiger partial charge in [-0.15, -0.1) is 0 Å². The normalized spacial score (nSPS) is 10.9. The fourth-order valence-electron chi connectivity index (χ4n) is 2.77. The van der Waals surface area contributed by atoms with Gasteiger partial charge in [-0.25, -0.2) is 4.98 Å². The van der Waals surface area contributed by atoms with E-state index in [2.05, 4.69) is 15.6 Å². The quantitative estimate of drug-likeness (QED) is 0.628. The molecule has 0 aliphatic rings. The Bertz CT molecular complexity index is 1080. The van der Waals surface area contributed by atoms with Crippen molar-refractivity contribution in [2.75, 3.05) is 32.5 Å². The van der Waals surface area contributed by atoms with Crippen LogP contribution in [0.2, 0.25) is 0 Å². The van der Waals surface area contributed by atoms with E-state index in [9.17, 15) is 14.4 Å². The molecule has 0 radical (unpaired) electrons. The molecule has 0 saturated heterocycles. The van der Waals surface area contributed by atoms with Crippen molar-refractivity contribution in [2.45, 2.75) is 6.42 Å². The molecule has 0 atom stereocenters. The van der Waals surface area contributed by atoms with Crippen molar-refractivity contribution in [1.29, 1.82) is 0 Å². The van der Waals surface area contributed by atoms with Crippen LogP contribution in [0, 0.1) is 0 Å². The number of rotatable bonds is 7. The molecule has 3 aromatic rings. The van der Waals surface area contributed by atoms with E-state index in [0.717, 1.165) is 5.56 Å². The SMILES string of the molecule is CN(C)CCNC(=O)c1ccc2ncc(NC(=O)Cc3ccccc3)c(=O)n2c1. The van der Waals surface area contributed by atoms with Crippen molar-refractivity contribution in [3.8, 4) is 0 Å². The molecule has 0 bridgehead atoms. The number of hydrogen-bond donors (Lipinski definition) is 2. The summed E-state index contributed by atoms with van der Waals surface area (Å²) in [4.78, 5) is 43.5. The molecule has 0 fully saturated rings. The van der Waals surface area contributed by atoms with Gasteiger partial charge in [0.2, 0.25) is 5.91 Å². The van der Waals surface area contributed by atoms with Crippen LogP contribution in [0.3, 0.4) is 0 Å². The van der Waals surface area contributed by atoms with Crippen LogP contribution in [0.5, 0.6) is 0 Å². The minimum absolute atomic E-state index is 0.0635. The second-order valence-corrected chi connectivity index (χ2v) is 6.89. The number of carbonyl (C=O) groups excluding carboxylic acids is 2. The van der Waals surface area contributed by atoms with Gasteiger partial charge in [-0.1, -0.05) is 30.3 Å². The number of likely N-dealkylation sites (N-methyl/N-ethyl adjacent to an activating group) is 1. The number of nitrogens with one attached hydrogen (secondary N) is 2. The number of carbonyl (C=O) groups is 2. The lowest BCUT2D eigenvalue weighted by atomic mass is 10.1. The van der Waals surface area contributed by atoms with Crippen molar-refractivity contribution < 1.29 is 9.59 Å². The summed E-state index contributed by atoms with van der Waals surface area (Å²) in [6.07, 6.45) is 2.91. The second kappa shape index (κ2) is 9.11. The van der Waals surface area contributed by atoms with Crippen LogP contribution in [0.1, 0.15) is 15.9 Å². The first kappa shape index (κ1) is 20.2. The summed E-state index contributed by atoms with van der Waals surface area (Å²) in [5.41, 5.74) is 1.19. The third kappa shape index (κ3) is 5.26. The van der Waals surface area contributed by atoms with Gasteiger partial charge >= 0.3 is 0 Å². The molecule has 1 aromatic carbocycles. The van der Waals surface area contributed by atoms with Gasteiger partial charge in [0.25, 0.3) is 11.5 Å². The standard InChI is InChI=1S/C21H23N5O3/c1-25(2)11-10-22-20(28)16-8-9-18-23-13-17(21(29)26(18)14-16)24-19(27)12-15-6-4-3-5-7-15/h3-9,13-14H,10-12H2,1-2H3,(H,22,28)(H,24,27). The van der Waals surface area contributed by atoms with Crippen molar-refractivity contribution in [3.63, 3.8) is 0 Å². The average molecular weight is 393 g/mol. The monoisotopic (exact) mass is 393 g/mol. The minimum Gasteiger partial charge on any atom is -0.351 e.